The van der Waals surface area contributed by atoms with Gasteiger partial charge in [-0.2, -0.15) is 0 Å². The van der Waals surface area contributed by atoms with Gasteiger partial charge in [-0.3, -0.25) is 0 Å². The average molecular weight is 259 g/mol. The molecule has 0 saturated heterocycles. The number of fused-ring (bicyclic) bond motifs is 1. The Labute approximate surface area is 107 Å². The Bertz CT molecular complexity index is 675. The van der Waals surface area contributed by atoms with Gasteiger partial charge in [-0.1, -0.05) is 23.5 Å². The highest BCUT2D eigenvalue weighted by atomic mass is 32.1. The molecule has 0 atom stereocenters. The van der Waals surface area contributed by atoms with Gasteiger partial charge in [-0.15, -0.1) is 0 Å². The minimum atomic E-state index is -0.380. The highest BCUT2D eigenvalue weighted by Gasteiger charge is 2.06. The molecular weight excluding hydrogens is 249 g/mol. The molecule has 0 aliphatic heterocycles. The third kappa shape index (κ3) is 2.00. The van der Waals surface area contributed by atoms with Gasteiger partial charge in [0.05, 0.1) is 15.9 Å². The summed E-state index contributed by atoms with van der Waals surface area (Å²) in [7, 11) is 0. The summed E-state index contributed by atoms with van der Waals surface area (Å²) < 4.78 is 14.7. The van der Waals surface area contributed by atoms with Crippen molar-refractivity contribution in [3.05, 3.63) is 48.3 Å². The van der Waals surface area contributed by atoms with Crippen LogP contribution < -0.4 is 11.1 Å². The second kappa shape index (κ2) is 4.27. The number of hydrogen-bond donors (Lipinski definition) is 2. The zero-order chi connectivity index (χ0) is 12.5. The predicted molar refractivity (Wildman–Crippen MR) is 73.7 cm³/mol. The number of halogens is 1. The molecule has 2 aromatic carbocycles. The number of rotatable bonds is 2. The molecule has 0 bridgehead atoms. The molecule has 0 unspecified atom stereocenters. The molecule has 5 heteroatoms. The molecule has 0 saturated carbocycles. The van der Waals surface area contributed by atoms with Crippen molar-refractivity contribution in [3.63, 3.8) is 0 Å². The lowest BCUT2D eigenvalue weighted by molar-refractivity contribution is 0.632. The van der Waals surface area contributed by atoms with Crippen LogP contribution >= 0.6 is 11.3 Å². The number of nitrogens with one attached hydrogen (secondary N) is 1. The maximum absolute atomic E-state index is 13.6. The fourth-order valence-corrected chi connectivity index (χ4v) is 2.55. The molecule has 1 heterocycles. The average Bonchev–Trinajstić information content (AvgIpc) is 2.75. The summed E-state index contributed by atoms with van der Waals surface area (Å²) in [5.41, 5.74) is 7.19. The normalized spacial score (nSPS) is 10.7. The molecule has 0 aliphatic carbocycles. The molecule has 3 rings (SSSR count). The number of nitrogens with two attached hydrogens (primary N) is 1. The molecule has 0 aliphatic rings. The van der Waals surface area contributed by atoms with E-state index in [9.17, 15) is 4.39 Å². The Kier molecular flexibility index (Phi) is 2.60. The first-order chi connectivity index (χ1) is 8.72. The van der Waals surface area contributed by atoms with E-state index >= 15 is 0 Å². The minimum absolute atomic E-state index is 0.378. The van der Waals surface area contributed by atoms with Gasteiger partial charge in [-0.25, -0.2) is 9.37 Å². The molecule has 0 fully saturated rings. The van der Waals surface area contributed by atoms with E-state index in [1.54, 1.807) is 12.1 Å². The molecule has 1 aromatic heterocycles. The van der Waals surface area contributed by atoms with E-state index in [-0.39, 0.29) is 5.82 Å². The number of nitrogen functional groups attached to an aromatic ring is 1. The number of aromatic nitrogens is 1. The smallest absolute Gasteiger partial charge is 0.188 e. The largest absolute Gasteiger partial charge is 0.399 e. The topological polar surface area (TPSA) is 50.9 Å². The van der Waals surface area contributed by atoms with Gasteiger partial charge in [0.15, 0.2) is 5.13 Å². The Morgan fingerprint density at radius 2 is 2.00 bits per heavy atom. The van der Waals surface area contributed by atoms with E-state index in [1.807, 2.05) is 24.3 Å². The van der Waals surface area contributed by atoms with Crippen LogP contribution in [0, 0.1) is 5.82 Å². The van der Waals surface area contributed by atoms with Crippen LogP contribution in [-0.4, -0.2) is 4.98 Å². The Hall–Kier alpha value is -2.14. The van der Waals surface area contributed by atoms with Gasteiger partial charge in [0.1, 0.15) is 5.82 Å². The van der Waals surface area contributed by atoms with Gasteiger partial charge in [0.25, 0.3) is 0 Å². The summed E-state index contributed by atoms with van der Waals surface area (Å²) in [6.45, 7) is 0. The first kappa shape index (κ1) is 11.0. The SMILES string of the molecule is Nc1ccc(Nc2nc3ccccc3s2)c(F)c1. The number of nitrogens with zero attached hydrogens (tertiary/aromatic N) is 1. The van der Waals surface area contributed by atoms with E-state index in [1.165, 1.54) is 17.4 Å². The minimum Gasteiger partial charge on any atom is -0.399 e. The van der Waals surface area contributed by atoms with Crippen LogP contribution in [0.25, 0.3) is 10.2 Å². The summed E-state index contributed by atoms with van der Waals surface area (Å²) in [4.78, 5) is 4.38. The van der Waals surface area contributed by atoms with Crippen molar-refractivity contribution in [3.8, 4) is 0 Å². The van der Waals surface area contributed by atoms with Crippen LogP contribution in [-0.2, 0) is 0 Å². The van der Waals surface area contributed by atoms with Gasteiger partial charge in [0, 0.05) is 5.69 Å². The Morgan fingerprint density at radius 3 is 2.78 bits per heavy atom. The van der Waals surface area contributed by atoms with Crippen LogP contribution in [0.1, 0.15) is 0 Å². The fraction of sp³-hybridized carbons (Fsp3) is 0. The first-order valence-corrected chi connectivity index (χ1v) is 6.21. The number of hydrogen-bond acceptors (Lipinski definition) is 4. The van der Waals surface area contributed by atoms with Crippen molar-refractivity contribution >= 4 is 38.1 Å². The molecule has 3 nitrogen and oxygen atoms in total. The highest BCUT2D eigenvalue weighted by molar-refractivity contribution is 7.22. The summed E-state index contributed by atoms with van der Waals surface area (Å²) in [6.07, 6.45) is 0. The number of anilines is 3. The lowest BCUT2D eigenvalue weighted by atomic mass is 10.3. The predicted octanol–water partition coefficient (Wildman–Crippen LogP) is 3.76. The monoisotopic (exact) mass is 259 g/mol. The number of benzene rings is 2. The van der Waals surface area contributed by atoms with Crippen LogP contribution in [0.2, 0.25) is 0 Å². The molecule has 3 N–H and O–H groups in total. The van der Waals surface area contributed by atoms with Gasteiger partial charge in [-0.05, 0) is 30.3 Å². The van der Waals surface area contributed by atoms with Gasteiger partial charge >= 0.3 is 0 Å². The van der Waals surface area contributed by atoms with Crippen molar-refractivity contribution in [2.24, 2.45) is 0 Å². The zero-order valence-corrected chi connectivity index (χ0v) is 10.2. The second-order valence-corrected chi connectivity index (χ2v) is 4.88. The Balaban J connectivity index is 1.96. The second-order valence-electron chi connectivity index (χ2n) is 3.85. The van der Waals surface area contributed by atoms with Crippen LogP contribution in [0.15, 0.2) is 42.5 Å². The van der Waals surface area contributed by atoms with E-state index < -0.39 is 0 Å². The van der Waals surface area contributed by atoms with Crippen molar-refractivity contribution < 1.29 is 4.39 Å². The quantitative estimate of drug-likeness (QED) is 0.689. The molecule has 3 aromatic rings. The summed E-state index contributed by atoms with van der Waals surface area (Å²) in [6, 6.07) is 12.3. The third-order valence-electron chi connectivity index (χ3n) is 2.53. The third-order valence-corrected chi connectivity index (χ3v) is 3.48. The Morgan fingerprint density at radius 1 is 1.17 bits per heavy atom. The van der Waals surface area contributed by atoms with Crippen molar-refractivity contribution in [1.29, 1.82) is 0 Å². The standard InChI is InChI=1S/C13H10FN3S/c14-9-7-8(15)5-6-10(9)16-13-17-11-3-1-2-4-12(11)18-13/h1-7H,15H2,(H,16,17). The van der Waals surface area contributed by atoms with E-state index in [2.05, 4.69) is 10.3 Å². The van der Waals surface area contributed by atoms with Crippen LogP contribution in [0.3, 0.4) is 0 Å². The molecule has 90 valence electrons. The highest BCUT2D eigenvalue weighted by Crippen LogP contribution is 2.29. The fourth-order valence-electron chi connectivity index (χ4n) is 1.67. The maximum Gasteiger partial charge on any atom is 0.188 e. The lowest BCUT2D eigenvalue weighted by Gasteiger charge is -2.04. The summed E-state index contributed by atoms with van der Waals surface area (Å²) in [5.74, 6) is -0.380. The first-order valence-electron chi connectivity index (χ1n) is 5.40. The molecule has 18 heavy (non-hydrogen) atoms. The lowest BCUT2D eigenvalue weighted by Crippen LogP contribution is -1.94. The molecule has 0 radical (unpaired) electrons. The summed E-state index contributed by atoms with van der Waals surface area (Å²) in [5, 5.41) is 3.63. The van der Waals surface area contributed by atoms with Crippen molar-refractivity contribution in [2.45, 2.75) is 0 Å². The molecular formula is C13H10FN3S. The molecule has 0 spiro atoms. The van der Waals surface area contributed by atoms with Gasteiger partial charge < -0.3 is 11.1 Å². The van der Waals surface area contributed by atoms with E-state index in [0.717, 1.165) is 10.2 Å². The number of para-hydroxylation sites is 1. The van der Waals surface area contributed by atoms with Crippen LogP contribution in [0.5, 0.6) is 0 Å². The number of thiazole rings is 1. The maximum atomic E-state index is 13.6. The van der Waals surface area contributed by atoms with Crippen molar-refractivity contribution in [2.75, 3.05) is 11.1 Å². The summed E-state index contributed by atoms with van der Waals surface area (Å²) >= 11 is 1.48. The zero-order valence-electron chi connectivity index (χ0n) is 9.35. The van der Waals surface area contributed by atoms with E-state index in [0.29, 0.717) is 16.5 Å². The molecule has 0 amide bonds. The van der Waals surface area contributed by atoms with Gasteiger partial charge in [0.2, 0.25) is 0 Å². The van der Waals surface area contributed by atoms with Crippen LogP contribution in [0.4, 0.5) is 20.9 Å². The van der Waals surface area contributed by atoms with Crippen molar-refractivity contribution in [1.82, 2.24) is 4.98 Å². The van der Waals surface area contributed by atoms with E-state index in [4.69, 9.17) is 5.73 Å².